The van der Waals surface area contributed by atoms with Gasteiger partial charge in [0.2, 0.25) is 0 Å². The van der Waals surface area contributed by atoms with Gasteiger partial charge in [-0.25, -0.2) is 0 Å². The molecule has 2 aromatic rings. The van der Waals surface area contributed by atoms with Crippen LogP contribution in [0.2, 0.25) is 0 Å². The Morgan fingerprint density at radius 3 is 2.67 bits per heavy atom. The van der Waals surface area contributed by atoms with Crippen molar-refractivity contribution in [3.63, 3.8) is 0 Å². The lowest BCUT2D eigenvalue weighted by molar-refractivity contribution is -0.384. The van der Waals surface area contributed by atoms with Crippen LogP contribution in [0, 0.1) is 10.1 Å². The number of phenolic OH excluding ortho intramolecular Hbond substituents is 1. The molecular formula is C15H16N2O4. The molecular weight excluding hydrogens is 272 g/mol. The molecule has 0 fully saturated rings. The minimum atomic E-state index is -0.467. The Balaban J connectivity index is 2.24. The predicted octanol–water partition coefficient (Wildman–Crippen LogP) is 3.48. The highest BCUT2D eigenvalue weighted by Gasteiger charge is 2.14. The molecule has 0 heterocycles. The van der Waals surface area contributed by atoms with E-state index in [4.69, 9.17) is 4.74 Å². The maximum atomic E-state index is 10.8. The van der Waals surface area contributed by atoms with Gasteiger partial charge in [-0.05, 0) is 30.7 Å². The van der Waals surface area contributed by atoms with Gasteiger partial charge < -0.3 is 15.2 Å². The van der Waals surface area contributed by atoms with Crippen LogP contribution < -0.4 is 10.1 Å². The van der Waals surface area contributed by atoms with Crippen molar-refractivity contribution in [3.05, 3.63) is 58.1 Å². The van der Waals surface area contributed by atoms with E-state index in [0.29, 0.717) is 11.4 Å². The highest BCUT2D eigenvalue weighted by Crippen LogP contribution is 2.32. The van der Waals surface area contributed by atoms with Gasteiger partial charge in [-0.15, -0.1) is 0 Å². The number of aromatic hydroxyl groups is 1. The van der Waals surface area contributed by atoms with Crippen molar-refractivity contribution in [1.82, 2.24) is 0 Å². The number of non-ortho nitro benzene ring substituents is 1. The lowest BCUT2D eigenvalue weighted by Crippen LogP contribution is -2.07. The molecule has 0 saturated carbocycles. The second kappa shape index (κ2) is 6.13. The fourth-order valence-electron chi connectivity index (χ4n) is 2.02. The van der Waals surface area contributed by atoms with Crippen LogP contribution in [0.25, 0.3) is 0 Å². The largest absolute Gasteiger partial charge is 0.508 e. The summed E-state index contributed by atoms with van der Waals surface area (Å²) in [5.74, 6) is 0.591. The summed E-state index contributed by atoms with van der Waals surface area (Å²) in [5.41, 5.74) is 1.52. The van der Waals surface area contributed by atoms with E-state index in [1.54, 1.807) is 24.3 Å². The summed E-state index contributed by atoms with van der Waals surface area (Å²) in [7, 11) is 1.46. The Morgan fingerprint density at radius 2 is 2.05 bits per heavy atom. The first kappa shape index (κ1) is 14.6. The second-order valence-electron chi connectivity index (χ2n) is 4.60. The number of anilines is 1. The normalized spacial score (nSPS) is 11.7. The molecule has 0 amide bonds. The quantitative estimate of drug-likeness (QED) is 0.650. The van der Waals surface area contributed by atoms with Crippen LogP contribution in [0.3, 0.4) is 0 Å². The van der Waals surface area contributed by atoms with Gasteiger partial charge in [0.15, 0.2) is 0 Å². The average Bonchev–Trinajstić information content (AvgIpc) is 2.47. The topological polar surface area (TPSA) is 84.6 Å². The van der Waals surface area contributed by atoms with E-state index >= 15 is 0 Å². The van der Waals surface area contributed by atoms with Crippen LogP contribution in [0.15, 0.2) is 42.5 Å². The molecule has 0 spiro atoms. The number of ether oxygens (including phenoxy) is 1. The zero-order valence-corrected chi connectivity index (χ0v) is 11.7. The van der Waals surface area contributed by atoms with Crippen molar-refractivity contribution in [2.24, 2.45) is 0 Å². The third-order valence-electron chi connectivity index (χ3n) is 3.14. The fourth-order valence-corrected chi connectivity index (χ4v) is 2.02. The first-order valence-electron chi connectivity index (χ1n) is 6.39. The summed E-state index contributed by atoms with van der Waals surface area (Å²) in [6.45, 7) is 1.93. The minimum absolute atomic E-state index is 0.0255. The van der Waals surface area contributed by atoms with Gasteiger partial charge in [-0.3, -0.25) is 10.1 Å². The summed E-state index contributed by atoms with van der Waals surface area (Å²) < 4.78 is 5.18. The van der Waals surface area contributed by atoms with Gasteiger partial charge in [0.1, 0.15) is 11.5 Å². The standard InChI is InChI=1S/C15H16N2O4/c1-10(11-4-3-5-13(18)8-11)16-14-7-6-12(17(19)20)9-15(14)21-2/h3-10,16,18H,1-2H3. The number of nitrogens with zero attached hydrogens (tertiary/aromatic N) is 1. The van der Waals surface area contributed by atoms with Gasteiger partial charge in [0.05, 0.1) is 23.8 Å². The van der Waals surface area contributed by atoms with Crippen molar-refractivity contribution in [3.8, 4) is 11.5 Å². The van der Waals surface area contributed by atoms with E-state index in [1.807, 2.05) is 13.0 Å². The number of nitro groups is 1. The van der Waals surface area contributed by atoms with Crippen LogP contribution >= 0.6 is 0 Å². The van der Waals surface area contributed by atoms with Crippen LogP contribution in [-0.2, 0) is 0 Å². The summed E-state index contributed by atoms with van der Waals surface area (Å²) >= 11 is 0. The maximum Gasteiger partial charge on any atom is 0.273 e. The SMILES string of the molecule is COc1cc([N+](=O)[O-])ccc1NC(C)c1cccc(O)c1. The van der Waals surface area contributed by atoms with Gasteiger partial charge in [0, 0.05) is 12.1 Å². The molecule has 0 aliphatic heterocycles. The fraction of sp³-hybridized carbons (Fsp3) is 0.200. The number of rotatable bonds is 5. The lowest BCUT2D eigenvalue weighted by Gasteiger charge is -2.18. The highest BCUT2D eigenvalue weighted by molar-refractivity contribution is 5.61. The molecule has 21 heavy (non-hydrogen) atoms. The summed E-state index contributed by atoms with van der Waals surface area (Å²) in [6.07, 6.45) is 0. The number of benzene rings is 2. The number of hydrogen-bond acceptors (Lipinski definition) is 5. The predicted molar refractivity (Wildman–Crippen MR) is 79.8 cm³/mol. The summed E-state index contributed by atoms with van der Waals surface area (Å²) in [4.78, 5) is 10.3. The zero-order chi connectivity index (χ0) is 15.4. The first-order chi connectivity index (χ1) is 10.0. The van der Waals surface area contributed by atoms with E-state index in [2.05, 4.69) is 5.32 Å². The van der Waals surface area contributed by atoms with Gasteiger partial charge in [-0.2, -0.15) is 0 Å². The van der Waals surface area contributed by atoms with Crippen molar-refractivity contribution in [1.29, 1.82) is 0 Å². The first-order valence-corrected chi connectivity index (χ1v) is 6.39. The third-order valence-corrected chi connectivity index (χ3v) is 3.14. The molecule has 110 valence electrons. The van der Waals surface area contributed by atoms with Crippen molar-refractivity contribution >= 4 is 11.4 Å². The van der Waals surface area contributed by atoms with Gasteiger partial charge >= 0.3 is 0 Å². The van der Waals surface area contributed by atoms with Crippen molar-refractivity contribution < 1.29 is 14.8 Å². The second-order valence-corrected chi connectivity index (χ2v) is 4.60. The van der Waals surface area contributed by atoms with Crippen molar-refractivity contribution in [2.75, 3.05) is 12.4 Å². The highest BCUT2D eigenvalue weighted by atomic mass is 16.6. The molecule has 0 aliphatic carbocycles. The van der Waals surface area contributed by atoms with E-state index in [-0.39, 0.29) is 17.5 Å². The van der Waals surface area contributed by atoms with E-state index in [9.17, 15) is 15.2 Å². The van der Waals surface area contributed by atoms with E-state index < -0.39 is 4.92 Å². The maximum absolute atomic E-state index is 10.8. The van der Waals surface area contributed by atoms with Crippen molar-refractivity contribution in [2.45, 2.75) is 13.0 Å². The number of nitro benzene ring substituents is 1. The Labute approximate surface area is 122 Å². The summed E-state index contributed by atoms with van der Waals surface area (Å²) in [6, 6.07) is 11.2. The Morgan fingerprint density at radius 1 is 1.29 bits per heavy atom. The molecule has 0 aliphatic rings. The van der Waals surface area contributed by atoms with Crippen LogP contribution in [0.5, 0.6) is 11.5 Å². The van der Waals surface area contributed by atoms with E-state index in [0.717, 1.165) is 5.56 Å². The minimum Gasteiger partial charge on any atom is -0.508 e. The Hall–Kier alpha value is -2.76. The monoisotopic (exact) mass is 288 g/mol. The molecule has 0 saturated heterocycles. The molecule has 0 bridgehead atoms. The Kier molecular flexibility index (Phi) is 4.27. The molecule has 0 aromatic heterocycles. The lowest BCUT2D eigenvalue weighted by atomic mass is 10.1. The number of nitrogens with one attached hydrogen (secondary N) is 1. The van der Waals surface area contributed by atoms with E-state index in [1.165, 1.54) is 19.2 Å². The van der Waals surface area contributed by atoms with Gasteiger partial charge in [-0.1, -0.05) is 12.1 Å². The zero-order valence-electron chi connectivity index (χ0n) is 11.7. The molecule has 1 unspecified atom stereocenters. The molecule has 0 radical (unpaired) electrons. The molecule has 6 nitrogen and oxygen atoms in total. The number of methoxy groups -OCH3 is 1. The number of phenols is 1. The molecule has 1 atom stereocenters. The summed E-state index contributed by atoms with van der Waals surface area (Å²) in [5, 5.41) is 23.5. The van der Waals surface area contributed by atoms with Gasteiger partial charge in [0.25, 0.3) is 5.69 Å². The smallest absolute Gasteiger partial charge is 0.273 e. The third kappa shape index (κ3) is 3.42. The molecule has 2 aromatic carbocycles. The van der Waals surface area contributed by atoms with Crippen LogP contribution in [-0.4, -0.2) is 17.1 Å². The molecule has 2 rings (SSSR count). The van der Waals surface area contributed by atoms with Crippen LogP contribution in [0.4, 0.5) is 11.4 Å². The molecule has 2 N–H and O–H groups in total. The average molecular weight is 288 g/mol. The number of hydrogen-bond donors (Lipinski definition) is 2. The molecule has 6 heteroatoms. The van der Waals surface area contributed by atoms with Crippen LogP contribution in [0.1, 0.15) is 18.5 Å². The Bertz CT molecular complexity index is 658.